The molecule has 0 aliphatic rings. The summed E-state index contributed by atoms with van der Waals surface area (Å²) in [4.78, 5) is 16.9. The molecule has 7 nitrogen and oxygen atoms in total. The molecule has 0 unspecified atom stereocenters. The van der Waals surface area contributed by atoms with Gasteiger partial charge in [-0.25, -0.2) is 18.5 Å². The Morgan fingerprint density at radius 1 is 1.03 bits per heavy atom. The van der Waals surface area contributed by atoms with E-state index >= 15 is 0 Å². The highest BCUT2D eigenvalue weighted by Crippen LogP contribution is 2.21. The van der Waals surface area contributed by atoms with Crippen molar-refractivity contribution in [2.75, 3.05) is 5.32 Å². The molecule has 1 amide bonds. The van der Waals surface area contributed by atoms with Crippen LogP contribution in [0.2, 0.25) is 0 Å². The van der Waals surface area contributed by atoms with Gasteiger partial charge in [-0.3, -0.25) is 9.36 Å². The van der Waals surface area contributed by atoms with Gasteiger partial charge in [0, 0.05) is 16.9 Å². The summed E-state index contributed by atoms with van der Waals surface area (Å²) in [7, 11) is -3.89. The van der Waals surface area contributed by atoms with Crippen LogP contribution in [0.5, 0.6) is 0 Å². The van der Waals surface area contributed by atoms with E-state index in [9.17, 15) is 13.2 Å². The molecule has 0 bridgehead atoms. The van der Waals surface area contributed by atoms with Crippen molar-refractivity contribution >= 4 is 32.7 Å². The van der Waals surface area contributed by atoms with E-state index in [2.05, 4.69) is 10.3 Å². The van der Waals surface area contributed by atoms with Crippen LogP contribution in [0.4, 0.5) is 5.69 Å². The fourth-order valence-corrected chi connectivity index (χ4v) is 3.63. The first-order chi connectivity index (χ1) is 13.8. The molecule has 3 aromatic carbocycles. The van der Waals surface area contributed by atoms with Gasteiger partial charge in [-0.05, 0) is 61.0 Å². The Labute approximate surface area is 167 Å². The number of benzene rings is 3. The van der Waals surface area contributed by atoms with Gasteiger partial charge in [-0.2, -0.15) is 0 Å². The lowest BCUT2D eigenvalue weighted by atomic mass is 10.1. The molecule has 1 heterocycles. The van der Waals surface area contributed by atoms with Crippen molar-refractivity contribution in [2.24, 2.45) is 5.14 Å². The van der Waals surface area contributed by atoms with Gasteiger partial charge in [-0.1, -0.05) is 18.2 Å². The summed E-state index contributed by atoms with van der Waals surface area (Å²) in [5, 5.41) is 7.95. The van der Waals surface area contributed by atoms with E-state index in [1.807, 2.05) is 41.0 Å². The normalized spacial score (nSPS) is 11.5. The second-order valence-electron chi connectivity index (χ2n) is 6.63. The number of aryl methyl sites for hydroxylation is 1. The van der Waals surface area contributed by atoms with E-state index in [1.54, 1.807) is 31.5 Å². The van der Waals surface area contributed by atoms with Crippen LogP contribution >= 0.6 is 0 Å². The maximum Gasteiger partial charge on any atom is 0.255 e. The second-order valence-corrected chi connectivity index (χ2v) is 8.19. The summed E-state index contributed by atoms with van der Waals surface area (Å²) in [6.45, 7) is 1.73. The number of imidazole rings is 1. The van der Waals surface area contributed by atoms with Crippen LogP contribution in [0.25, 0.3) is 16.7 Å². The summed E-state index contributed by atoms with van der Waals surface area (Å²) in [6, 6.07) is 19.3. The summed E-state index contributed by atoms with van der Waals surface area (Å²) in [6.07, 6.45) is 1.75. The molecule has 0 fully saturated rings. The zero-order valence-electron chi connectivity index (χ0n) is 15.5. The van der Waals surface area contributed by atoms with Crippen molar-refractivity contribution in [1.82, 2.24) is 9.55 Å². The minimum absolute atomic E-state index is 0.101. The van der Waals surface area contributed by atoms with Crippen molar-refractivity contribution in [1.29, 1.82) is 0 Å². The fourth-order valence-electron chi connectivity index (χ4n) is 3.09. The molecular formula is C21H18N4O3S. The van der Waals surface area contributed by atoms with Gasteiger partial charge in [0.05, 0.1) is 15.9 Å². The summed E-state index contributed by atoms with van der Waals surface area (Å²) in [5.74, 6) is -0.408. The SMILES string of the molecule is Cc1ccc(S(N)(=O)=O)cc1C(=O)Nc1ccc(-n2cnc3ccccc32)cc1. The number of primary sulfonamides is 1. The largest absolute Gasteiger partial charge is 0.322 e. The second kappa shape index (κ2) is 7.16. The van der Waals surface area contributed by atoms with Crippen molar-refractivity contribution in [3.05, 3.63) is 84.2 Å². The predicted octanol–water partition coefficient (Wildman–Crippen LogP) is 3.23. The lowest BCUT2D eigenvalue weighted by Gasteiger charge is -2.10. The molecule has 146 valence electrons. The first-order valence-corrected chi connectivity index (χ1v) is 10.3. The number of amides is 1. The van der Waals surface area contributed by atoms with Gasteiger partial charge in [0.1, 0.15) is 6.33 Å². The third kappa shape index (κ3) is 3.75. The molecule has 0 radical (unpaired) electrons. The van der Waals surface area contributed by atoms with Crippen LogP contribution in [0, 0.1) is 6.92 Å². The van der Waals surface area contributed by atoms with Gasteiger partial charge in [0.2, 0.25) is 10.0 Å². The fraction of sp³-hybridized carbons (Fsp3) is 0.0476. The van der Waals surface area contributed by atoms with Crippen LogP contribution in [0.3, 0.4) is 0 Å². The van der Waals surface area contributed by atoms with E-state index in [0.29, 0.717) is 11.3 Å². The van der Waals surface area contributed by atoms with Gasteiger partial charge in [-0.15, -0.1) is 0 Å². The summed E-state index contributed by atoms with van der Waals surface area (Å²) < 4.78 is 25.1. The molecule has 0 spiro atoms. The smallest absolute Gasteiger partial charge is 0.255 e. The van der Waals surface area contributed by atoms with Gasteiger partial charge < -0.3 is 5.32 Å². The lowest BCUT2D eigenvalue weighted by Crippen LogP contribution is -2.17. The zero-order chi connectivity index (χ0) is 20.6. The monoisotopic (exact) mass is 406 g/mol. The Kier molecular flexibility index (Phi) is 4.65. The molecule has 4 rings (SSSR count). The number of aromatic nitrogens is 2. The number of nitrogens with zero attached hydrogens (tertiary/aromatic N) is 2. The van der Waals surface area contributed by atoms with Gasteiger partial charge in [0.25, 0.3) is 5.91 Å². The molecule has 0 aliphatic carbocycles. The Hall–Kier alpha value is -3.49. The number of anilines is 1. The van der Waals surface area contributed by atoms with E-state index in [1.165, 1.54) is 12.1 Å². The van der Waals surface area contributed by atoms with E-state index in [0.717, 1.165) is 16.7 Å². The number of nitrogens with two attached hydrogens (primary N) is 1. The third-order valence-electron chi connectivity index (χ3n) is 4.64. The maximum absolute atomic E-state index is 12.6. The standard InChI is InChI=1S/C21H18N4O3S/c1-14-6-11-17(29(22,27)28)12-18(14)21(26)24-15-7-9-16(10-8-15)25-13-23-19-4-2-3-5-20(19)25/h2-13H,1H3,(H,24,26)(H2,22,27,28). The first-order valence-electron chi connectivity index (χ1n) is 8.80. The average Bonchev–Trinajstić information content (AvgIpc) is 3.12. The van der Waals surface area contributed by atoms with E-state index < -0.39 is 15.9 Å². The zero-order valence-corrected chi connectivity index (χ0v) is 16.3. The van der Waals surface area contributed by atoms with Gasteiger partial charge in [0.15, 0.2) is 0 Å². The topological polar surface area (TPSA) is 107 Å². The first kappa shape index (κ1) is 18.9. The quantitative estimate of drug-likeness (QED) is 0.542. The summed E-state index contributed by atoms with van der Waals surface area (Å²) in [5.41, 5.74) is 4.28. The molecule has 1 aromatic heterocycles. The number of sulfonamides is 1. The Morgan fingerprint density at radius 2 is 1.76 bits per heavy atom. The number of rotatable bonds is 4. The molecule has 3 N–H and O–H groups in total. The number of nitrogens with one attached hydrogen (secondary N) is 1. The van der Waals surface area contributed by atoms with Crippen LogP contribution in [-0.2, 0) is 10.0 Å². The lowest BCUT2D eigenvalue weighted by molar-refractivity contribution is 0.102. The van der Waals surface area contributed by atoms with Crippen LogP contribution in [0.1, 0.15) is 15.9 Å². The van der Waals surface area contributed by atoms with Crippen LogP contribution in [0.15, 0.2) is 78.0 Å². The van der Waals surface area contributed by atoms with Gasteiger partial charge >= 0.3 is 0 Å². The highest BCUT2D eigenvalue weighted by atomic mass is 32.2. The van der Waals surface area contributed by atoms with E-state index in [-0.39, 0.29) is 10.5 Å². The van der Waals surface area contributed by atoms with Crippen LogP contribution in [-0.4, -0.2) is 23.9 Å². The van der Waals surface area contributed by atoms with Crippen molar-refractivity contribution in [3.63, 3.8) is 0 Å². The molecule has 29 heavy (non-hydrogen) atoms. The summed E-state index contributed by atoms with van der Waals surface area (Å²) >= 11 is 0. The number of carbonyl (C=O) groups excluding carboxylic acids is 1. The molecule has 0 atom stereocenters. The average molecular weight is 406 g/mol. The van der Waals surface area contributed by atoms with Crippen molar-refractivity contribution < 1.29 is 13.2 Å². The Balaban J connectivity index is 1.59. The number of carbonyl (C=O) groups is 1. The maximum atomic E-state index is 12.6. The molecule has 0 saturated carbocycles. The highest BCUT2D eigenvalue weighted by molar-refractivity contribution is 7.89. The number of hydrogen-bond acceptors (Lipinski definition) is 4. The molecular weight excluding hydrogens is 388 g/mol. The molecule has 0 aliphatic heterocycles. The number of fused-ring (bicyclic) bond motifs is 1. The van der Waals surface area contributed by atoms with Crippen LogP contribution < -0.4 is 10.5 Å². The molecule has 8 heteroatoms. The van der Waals surface area contributed by atoms with E-state index in [4.69, 9.17) is 5.14 Å². The van der Waals surface area contributed by atoms with Crippen molar-refractivity contribution in [3.8, 4) is 5.69 Å². The highest BCUT2D eigenvalue weighted by Gasteiger charge is 2.15. The third-order valence-corrected chi connectivity index (χ3v) is 5.55. The molecule has 0 saturated heterocycles. The predicted molar refractivity (Wildman–Crippen MR) is 112 cm³/mol. The molecule has 4 aromatic rings. The Morgan fingerprint density at radius 3 is 2.48 bits per heavy atom. The number of hydrogen-bond donors (Lipinski definition) is 2. The van der Waals surface area contributed by atoms with Crippen molar-refractivity contribution in [2.45, 2.75) is 11.8 Å². The minimum atomic E-state index is -3.89. The Bertz CT molecular complexity index is 1330. The minimum Gasteiger partial charge on any atom is -0.322 e. The number of para-hydroxylation sites is 2.